The van der Waals surface area contributed by atoms with E-state index < -0.39 is 11.6 Å². The number of nitrogens with zero attached hydrogens (tertiary/aromatic N) is 3. The Morgan fingerprint density at radius 1 is 1.08 bits per heavy atom. The van der Waals surface area contributed by atoms with Crippen LogP contribution in [0.1, 0.15) is 58.8 Å². The summed E-state index contributed by atoms with van der Waals surface area (Å²) in [7, 11) is 3.53. The fraction of sp³-hybridized carbons (Fsp3) is 0.429. The molecular weight excluding hydrogens is 470 g/mol. The number of methoxy groups -OCH3 is 1. The molecule has 9 heteroatoms. The predicted molar refractivity (Wildman–Crippen MR) is 137 cm³/mol. The first-order valence-corrected chi connectivity index (χ1v) is 12.8. The monoisotopic (exact) mass is 501 g/mol. The lowest BCUT2D eigenvalue weighted by Gasteiger charge is -2.41. The van der Waals surface area contributed by atoms with Gasteiger partial charge in [0.05, 0.1) is 24.9 Å². The van der Waals surface area contributed by atoms with E-state index in [2.05, 4.69) is 33.9 Å². The van der Waals surface area contributed by atoms with E-state index >= 15 is 0 Å². The maximum atomic E-state index is 13.3. The molecule has 1 aliphatic carbocycles. The van der Waals surface area contributed by atoms with Crippen molar-refractivity contribution in [3.63, 3.8) is 0 Å². The zero-order chi connectivity index (χ0) is 25.9. The van der Waals surface area contributed by atoms with Gasteiger partial charge in [-0.3, -0.25) is 19.6 Å². The van der Waals surface area contributed by atoms with Gasteiger partial charge in [0.25, 0.3) is 11.8 Å². The summed E-state index contributed by atoms with van der Waals surface area (Å²) in [6.07, 6.45) is 3.38. The van der Waals surface area contributed by atoms with Crippen LogP contribution in [-0.4, -0.2) is 51.7 Å². The first-order valence-electron chi connectivity index (χ1n) is 12.8. The normalized spacial score (nSPS) is 25.4. The molecule has 2 aliphatic heterocycles. The van der Waals surface area contributed by atoms with Gasteiger partial charge in [0, 0.05) is 24.5 Å². The first-order chi connectivity index (χ1) is 17.8. The topological polar surface area (TPSA) is 106 Å². The lowest BCUT2D eigenvalue weighted by molar-refractivity contribution is -0.127. The predicted octanol–water partition coefficient (Wildman–Crippen LogP) is 3.40. The van der Waals surface area contributed by atoms with E-state index in [1.165, 1.54) is 10.9 Å². The number of carbonyl (C=O) groups is 3. The second kappa shape index (κ2) is 8.61. The van der Waals surface area contributed by atoms with Crippen LogP contribution in [0.25, 0.3) is 10.9 Å². The number of benzene rings is 2. The van der Waals surface area contributed by atoms with Gasteiger partial charge >= 0.3 is 6.03 Å². The average molecular weight is 502 g/mol. The number of imide groups is 1. The first kappa shape index (κ1) is 23.5. The van der Waals surface area contributed by atoms with Crippen molar-refractivity contribution < 1.29 is 19.1 Å². The molecule has 1 saturated carbocycles. The van der Waals surface area contributed by atoms with Gasteiger partial charge in [0.1, 0.15) is 11.3 Å². The zero-order valence-electron chi connectivity index (χ0n) is 21.3. The Kier molecular flexibility index (Phi) is 5.47. The summed E-state index contributed by atoms with van der Waals surface area (Å²) in [5, 5.41) is 11.1. The Morgan fingerprint density at radius 3 is 2.57 bits per heavy atom. The molecule has 0 unspecified atom stereocenters. The molecule has 1 aromatic heterocycles. The molecule has 1 saturated heterocycles. The SMILES string of the molecule is COc1ccc2c(c1)C(=O)N(C[C@@]1(C3CCC(c4ccc5c(c4)c(C)nn5C)CC3)NC(=O)NC1=O)C2. The van der Waals surface area contributed by atoms with Crippen LogP contribution in [-0.2, 0) is 18.4 Å². The highest BCUT2D eigenvalue weighted by Gasteiger charge is 2.54. The van der Waals surface area contributed by atoms with Gasteiger partial charge in [-0.25, -0.2) is 4.79 Å². The average Bonchev–Trinajstić information content (AvgIpc) is 3.48. The van der Waals surface area contributed by atoms with E-state index in [0.29, 0.717) is 23.8 Å². The van der Waals surface area contributed by atoms with Gasteiger partial charge in [-0.1, -0.05) is 12.1 Å². The van der Waals surface area contributed by atoms with Crippen LogP contribution >= 0.6 is 0 Å². The lowest BCUT2D eigenvalue weighted by Crippen LogP contribution is -2.60. The van der Waals surface area contributed by atoms with Gasteiger partial charge in [0.2, 0.25) is 0 Å². The quantitative estimate of drug-likeness (QED) is 0.522. The van der Waals surface area contributed by atoms with Crippen LogP contribution in [0, 0.1) is 12.8 Å². The maximum Gasteiger partial charge on any atom is 0.322 e. The van der Waals surface area contributed by atoms with Crippen LogP contribution in [0.5, 0.6) is 5.75 Å². The van der Waals surface area contributed by atoms with Crippen molar-refractivity contribution in [2.75, 3.05) is 13.7 Å². The Balaban J connectivity index is 1.22. The second-order valence-corrected chi connectivity index (χ2v) is 10.6. The van der Waals surface area contributed by atoms with Crippen LogP contribution in [0.4, 0.5) is 4.79 Å². The molecule has 3 heterocycles. The molecular formula is C28H31N5O4. The number of fused-ring (bicyclic) bond motifs is 2. The summed E-state index contributed by atoms with van der Waals surface area (Å²) in [6.45, 7) is 2.58. The van der Waals surface area contributed by atoms with E-state index in [9.17, 15) is 14.4 Å². The summed E-state index contributed by atoms with van der Waals surface area (Å²) in [4.78, 5) is 40.5. The van der Waals surface area contributed by atoms with Gasteiger partial charge in [-0.15, -0.1) is 0 Å². The van der Waals surface area contributed by atoms with Gasteiger partial charge in [0.15, 0.2) is 0 Å². The molecule has 0 spiro atoms. The highest BCUT2D eigenvalue weighted by molar-refractivity contribution is 6.08. The molecule has 4 amide bonds. The van der Waals surface area contributed by atoms with E-state index in [0.717, 1.165) is 42.5 Å². The number of aromatic nitrogens is 2. The van der Waals surface area contributed by atoms with Crippen molar-refractivity contribution >= 4 is 28.7 Å². The molecule has 2 aromatic carbocycles. The molecule has 0 radical (unpaired) electrons. The molecule has 3 aliphatic rings. The summed E-state index contributed by atoms with van der Waals surface area (Å²) in [5.41, 5.74) is 3.78. The summed E-state index contributed by atoms with van der Waals surface area (Å²) in [6, 6.07) is 11.5. The number of ether oxygens (including phenoxy) is 1. The minimum atomic E-state index is -1.13. The van der Waals surface area contributed by atoms with Crippen LogP contribution in [0.15, 0.2) is 36.4 Å². The number of hydrogen-bond donors (Lipinski definition) is 2. The van der Waals surface area contributed by atoms with E-state index in [1.54, 1.807) is 18.1 Å². The molecule has 3 aromatic rings. The van der Waals surface area contributed by atoms with Gasteiger partial charge in [-0.05, 0) is 79.8 Å². The fourth-order valence-electron chi connectivity index (χ4n) is 6.56. The Labute approximate surface area is 215 Å². The Bertz CT molecular complexity index is 1440. The van der Waals surface area contributed by atoms with Crippen molar-refractivity contribution in [3.05, 3.63) is 58.8 Å². The number of urea groups is 1. The van der Waals surface area contributed by atoms with Gasteiger partial charge < -0.3 is 15.0 Å². The number of amides is 4. The summed E-state index contributed by atoms with van der Waals surface area (Å²) in [5.74, 6) is 0.451. The third-order valence-electron chi connectivity index (χ3n) is 8.56. The van der Waals surface area contributed by atoms with Crippen LogP contribution in [0.2, 0.25) is 0 Å². The molecule has 192 valence electrons. The molecule has 37 heavy (non-hydrogen) atoms. The van der Waals surface area contributed by atoms with E-state index in [4.69, 9.17) is 4.74 Å². The molecule has 1 atom stereocenters. The number of rotatable bonds is 5. The highest BCUT2D eigenvalue weighted by atomic mass is 16.5. The molecule has 2 fully saturated rings. The van der Waals surface area contributed by atoms with Crippen LogP contribution < -0.4 is 15.4 Å². The van der Waals surface area contributed by atoms with Gasteiger partial charge in [-0.2, -0.15) is 5.10 Å². The molecule has 9 nitrogen and oxygen atoms in total. The highest BCUT2D eigenvalue weighted by Crippen LogP contribution is 2.43. The van der Waals surface area contributed by atoms with Crippen molar-refractivity contribution in [1.29, 1.82) is 0 Å². The van der Waals surface area contributed by atoms with E-state index in [-0.39, 0.29) is 24.3 Å². The van der Waals surface area contributed by atoms with Crippen LogP contribution in [0.3, 0.4) is 0 Å². The zero-order valence-corrected chi connectivity index (χ0v) is 21.3. The van der Waals surface area contributed by atoms with Crippen molar-refractivity contribution in [2.45, 2.75) is 50.6 Å². The van der Waals surface area contributed by atoms with Crippen molar-refractivity contribution in [1.82, 2.24) is 25.3 Å². The fourth-order valence-corrected chi connectivity index (χ4v) is 6.56. The minimum absolute atomic E-state index is 0.0647. The molecule has 0 bridgehead atoms. The number of aryl methyl sites for hydroxylation is 2. The third-order valence-corrected chi connectivity index (χ3v) is 8.56. The van der Waals surface area contributed by atoms with Crippen molar-refractivity contribution in [2.24, 2.45) is 13.0 Å². The Morgan fingerprint density at radius 2 is 1.86 bits per heavy atom. The molecule has 2 N–H and O–H groups in total. The van der Waals surface area contributed by atoms with E-state index in [1.807, 2.05) is 30.8 Å². The summed E-state index contributed by atoms with van der Waals surface area (Å²) >= 11 is 0. The minimum Gasteiger partial charge on any atom is -0.497 e. The second-order valence-electron chi connectivity index (χ2n) is 10.6. The summed E-state index contributed by atoms with van der Waals surface area (Å²) < 4.78 is 7.19. The standard InChI is InChI=1S/C28H31N5O4/c1-16-22-12-18(7-11-24(22)32(2)31-16)17-4-8-20(9-5-17)28(26(35)29-27(36)30-28)15-33-14-19-6-10-21(37-3)13-23(19)25(33)34/h6-7,10-13,17,20H,4-5,8-9,14-15H2,1-3H3,(H2,29,30,35,36)/t17?,20?,28-/m0/s1. The largest absolute Gasteiger partial charge is 0.497 e. The molecule has 6 rings (SSSR count). The maximum absolute atomic E-state index is 13.3. The smallest absolute Gasteiger partial charge is 0.322 e. The Hall–Kier alpha value is -3.88. The third kappa shape index (κ3) is 3.75. The van der Waals surface area contributed by atoms with Crippen molar-refractivity contribution in [3.8, 4) is 5.75 Å². The lowest BCUT2D eigenvalue weighted by atomic mass is 9.70. The number of hydrogen-bond acceptors (Lipinski definition) is 5. The number of carbonyl (C=O) groups excluding carboxylic acids is 3. The number of nitrogens with one attached hydrogen (secondary N) is 2.